The molecule has 1 aliphatic rings. The molecule has 0 saturated carbocycles. The summed E-state index contributed by atoms with van der Waals surface area (Å²) >= 11 is 0. The molecule has 0 saturated heterocycles. The van der Waals surface area contributed by atoms with Crippen molar-refractivity contribution in [1.29, 1.82) is 0 Å². The number of benzene rings is 4. The molecule has 0 fully saturated rings. The maximum absolute atomic E-state index is 5.00. The fraction of sp³-hybridized carbons (Fsp3) is 0. The quantitative estimate of drug-likeness (QED) is 0.340. The van der Waals surface area contributed by atoms with Gasteiger partial charge < -0.3 is 0 Å². The van der Waals surface area contributed by atoms with Crippen LogP contribution in [-0.4, -0.2) is 11.4 Å². The summed E-state index contributed by atoms with van der Waals surface area (Å²) in [5, 5.41) is 0. The minimum absolute atomic E-state index is 0. The number of nitrogens with zero attached hydrogens (tertiary/aromatic N) is 2. The van der Waals surface area contributed by atoms with E-state index in [1.165, 1.54) is 0 Å². The second kappa shape index (κ2) is 7.09. The number of hydrogen-bond donors (Lipinski definition) is 0. The van der Waals surface area contributed by atoms with E-state index in [4.69, 9.17) is 9.98 Å². The molecule has 0 heterocycles. The van der Waals surface area contributed by atoms with Gasteiger partial charge in [-0.3, -0.25) is 0 Å². The maximum atomic E-state index is 5.00. The Morgan fingerprint density at radius 2 is 0.643 bits per heavy atom. The Kier molecular flexibility index (Phi) is 4.15. The van der Waals surface area contributed by atoms with Crippen LogP contribution in [0.3, 0.4) is 0 Å². The number of aliphatic imine (C=N–C) groups is 2. The summed E-state index contributed by atoms with van der Waals surface area (Å²) in [5.74, 6) is 0. The van der Waals surface area contributed by atoms with Gasteiger partial charge in [-0.2, -0.15) is 0 Å². The van der Waals surface area contributed by atoms with Crippen LogP contribution >= 0.6 is 0 Å². The highest BCUT2D eigenvalue weighted by atomic mass is 14.8. The number of fused-ring (bicyclic) bond motifs is 2. The first-order valence-electron chi connectivity index (χ1n) is 9.37. The van der Waals surface area contributed by atoms with Crippen molar-refractivity contribution in [3.8, 4) is 0 Å². The topological polar surface area (TPSA) is 24.7 Å². The van der Waals surface area contributed by atoms with E-state index >= 15 is 0 Å². The summed E-state index contributed by atoms with van der Waals surface area (Å²) in [6.45, 7) is 0. The number of hydrogen-bond acceptors (Lipinski definition) is 2. The molecule has 2 heteroatoms. The van der Waals surface area contributed by atoms with Crippen molar-refractivity contribution in [2.75, 3.05) is 0 Å². The summed E-state index contributed by atoms with van der Waals surface area (Å²) in [4.78, 5) is 10.0. The Bertz CT molecular complexity index is 1050. The SMILES string of the molecule is [H+].[H+].c1ccc(N=C2c3ccccc3C(=Nc3ccccc3)c3ccccc32)cc1. The van der Waals surface area contributed by atoms with E-state index in [0.717, 1.165) is 45.1 Å². The van der Waals surface area contributed by atoms with Crippen LogP contribution in [-0.2, 0) is 0 Å². The molecule has 0 spiro atoms. The Labute approximate surface area is 167 Å². The number of para-hydroxylation sites is 2. The third kappa shape index (κ3) is 2.95. The second-order valence-electron chi connectivity index (χ2n) is 6.68. The largest absolute Gasteiger partial charge is 1.00 e. The number of rotatable bonds is 2. The fourth-order valence-electron chi connectivity index (χ4n) is 3.59. The van der Waals surface area contributed by atoms with Crippen LogP contribution in [0.25, 0.3) is 0 Å². The molecule has 0 atom stereocenters. The van der Waals surface area contributed by atoms with Crippen molar-refractivity contribution in [3.05, 3.63) is 131 Å². The summed E-state index contributed by atoms with van der Waals surface area (Å²) in [7, 11) is 0. The van der Waals surface area contributed by atoms with Crippen molar-refractivity contribution in [2.24, 2.45) is 9.98 Å². The standard InChI is InChI=1S/C26H18N2/c1-3-11-19(12-4-1)27-25-21-15-7-9-17-23(21)26(24-18-10-8-16-22(24)25)28-20-13-5-2-6-14-20/h1-18H/p+2. The Morgan fingerprint density at radius 1 is 0.357 bits per heavy atom. The molecule has 132 valence electrons. The minimum Gasteiger partial charge on any atom is -0.248 e. The lowest BCUT2D eigenvalue weighted by atomic mass is 9.83. The highest BCUT2D eigenvalue weighted by Gasteiger charge is 2.26. The van der Waals surface area contributed by atoms with E-state index in [1.54, 1.807) is 0 Å². The van der Waals surface area contributed by atoms with E-state index in [2.05, 4.69) is 48.5 Å². The molecule has 1 aliphatic carbocycles. The van der Waals surface area contributed by atoms with Gasteiger partial charge in [-0.1, -0.05) is 84.9 Å². The predicted molar refractivity (Wildman–Crippen MR) is 119 cm³/mol. The smallest absolute Gasteiger partial charge is 0.248 e. The van der Waals surface area contributed by atoms with Crippen molar-refractivity contribution < 1.29 is 2.85 Å². The highest BCUT2D eigenvalue weighted by Crippen LogP contribution is 2.31. The van der Waals surface area contributed by atoms with Crippen LogP contribution in [0, 0.1) is 0 Å². The monoisotopic (exact) mass is 360 g/mol. The first-order chi connectivity index (χ1) is 13.9. The molecule has 0 N–H and O–H groups in total. The van der Waals surface area contributed by atoms with Crippen LogP contribution in [0.2, 0.25) is 0 Å². The Morgan fingerprint density at radius 3 is 0.964 bits per heavy atom. The Balaban J connectivity index is 0.00000128. The average Bonchev–Trinajstić information content (AvgIpc) is 2.77. The average molecular weight is 360 g/mol. The van der Waals surface area contributed by atoms with E-state index in [1.807, 2.05) is 60.7 Å². The molecule has 5 rings (SSSR count). The van der Waals surface area contributed by atoms with Crippen LogP contribution in [0.4, 0.5) is 11.4 Å². The lowest BCUT2D eigenvalue weighted by Gasteiger charge is -2.23. The normalized spacial score (nSPS) is 12.1. The molecule has 4 aromatic rings. The lowest BCUT2D eigenvalue weighted by Crippen LogP contribution is -2.22. The molecule has 4 aromatic carbocycles. The lowest BCUT2D eigenvalue weighted by molar-refractivity contribution is 1.40. The summed E-state index contributed by atoms with van der Waals surface area (Å²) in [5.41, 5.74) is 8.32. The molecule has 0 radical (unpaired) electrons. The minimum atomic E-state index is 0. The summed E-state index contributed by atoms with van der Waals surface area (Å²) in [6, 6.07) is 37.0. The molecule has 0 aliphatic heterocycles. The third-order valence-electron chi connectivity index (χ3n) is 4.87. The summed E-state index contributed by atoms with van der Waals surface area (Å²) < 4.78 is 0. The third-order valence-corrected chi connectivity index (χ3v) is 4.87. The molecular formula is C26H20N2+2. The van der Waals surface area contributed by atoms with Crippen LogP contribution in [0.15, 0.2) is 119 Å². The Hall–Kier alpha value is -3.78. The fourth-order valence-corrected chi connectivity index (χ4v) is 3.59. The zero-order valence-corrected chi connectivity index (χ0v) is 15.3. The zero-order valence-electron chi connectivity index (χ0n) is 17.3. The van der Waals surface area contributed by atoms with Crippen molar-refractivity contribution in [3.63, 3.8) is 0 Å². The van der Waals surface area contributed by atoms with E-state index in [0.29, 0.717) is 0 Å². The van der Waals surface area contributed by atoms with Gasteiger partial charge in [0.2, 0.25) is 0 Å². The van der Waals surface area contributed by atoms with Gasteiger partial charge in [0.05, 0.1) is 22.8 Å². The highest BCUT2D eigenvalue weighted by molar-refractivity contribution is 6.32. The van der Waals surface area contributed by atoms with Gasteiger partial charge in [0.25, 0.3) is 0 Å². The van der Waals surface area contributed by atoms with Gasteiger partial charge in [-0.15, -0.1) is 0 Å². The maximum Gasteiger partial charge on any atom is 1.00 e. The van der Waals surface area contributed by atoms with E-state index in [9.17, 15) is 0 Å². The first kappa shape index (κ1) is 16.4. The van der Waals surface area contributed by atoms with Crippen molar-refractivity contribution in [1.82, 2.24) is 0 Å². The molecule has 0 bridgehead atoms. The van der Waals surface area contributed by atoms with Gasteiger partial charge in [-0.25, -0.2) is 9.98 Å². The molecular weight excluding hydrogens is 340 g/mol. The molecule has 0 aromatic heterocycles. The van der Waals surface area contributed by atoms with Gasteiger partial charge in [0, 0.05) is 22.3 Å². The molecule has 0 amide bonds. The van der Waals surface area contributed by atoms with Crippen LogP contribution in [0.5, 0.6) is 0 Å². The van der Waals surface area contributed by atoms with Gasteiger partial charge in [-0.05, 0) is 24.3 Å². The van der Waals surface area contributed by atoms with Crippen molar-refractivity contribution in [2.45, 2.75) is 0 Å². The molecule has 2 nitrogen and oxygen atoms in total. The van der Waals surface area contributed by atoms with E-state index < -0.39 is 0 Å². The molecule has 28 heavy (non-hydrogen) atoms. The second-order valence-corrected chi connectivity index (χ2v) is 6.68. The van der Waals surface area contributed by atoms with Crippen LogP contribution < -0.4 is 0 Å². The predicted octanol–water partition coefficient (Wildman–Crippen LogP) is 6.56. The summed E-state index contributed by atoms with van der Waals surface area (Å²) in [6.07, 6.45) is 0. The first-order valence-corrected chi connectivity index (χ1v) is 9.37. The van der Waals surface area contributed by atoms with Gasteiger partial charge >= 0.3 is 2.85 Å². The zero-order chi connectivity index (χ0) is 18.8. The van der Waals surface area contributed by atoms with Crippen molar-refractivity contribution >= 4 is 22.8 Å². The molecule has 0 unspecified atom stereocenters. The van der Waals surface area contributed by atoms with Gasteiger partial charge in [0.15, 0.2) is 0 Å². The van der Waals surface area contributed by atoms with E-state index in [-0.39, 0.29) is 2.85 Å². The van der Waals surface area contributed by atoms with Crippen LogP contribution in [0.1, 0.15) is 25.1 Å². The van der Waals surface area contributed by atoms with Gasteiger partial charge in [0.1, 0.15) is 0 Å².